The summed E-state index contributed by atoms with van der Waals surface area (Å²) in [6.45, 7) is 1.24. The Morgan fingerprint density at radius 2 is 1.65 bits per heavy atom. The van der Waals surface area contributed by atoms with Crippen molar-refractivity contribution in [3.8, 4) is 0 Å². The second kappa shape index (κ2) is 8.84. The minimum absolute atomic E-state index is 0.00334. The third-order valence-corrected chi connectivity index (χ3v) is 5.91. The first-order valence-corrected chi connectivity index (χ1v) is 10.1. The molecule has 0 atom stereocenters. The molecule has 0 unspecified atom stereocenters. The van der Waals surface area contributed by atoms with Crippen LogP contribution in [0.5, 0.6) is 0 Å². The molecule has 5 nitrogen and oxygen atoms in total. The first-order chi connectivity index (χ1) is 12.5. The monoisotopic (exact) mass is 425 g/mol. The molecule has 0 aromatic heterocycles. The Kier molecular flexibility index (Phi) is 6.51. The number of benzene rings is 1. The fourth-order valence-electron chi connectivity index (χ4n) is 3.67. The van der Waals surface area contributed by atoms with Crippen molar-refractivity contribution in [2.75, 3.05) is 13.1 Å². The summed E-state index contributed by atoms with van der Waals surface area (Å²) in [5.41, 5.74) is 0.294. The fourth-order valence-corrected chi connectivity index (χ4v) is 4.10. The molecule has 1 aromatic rings. The van der Waals surface area contributed by atoms with Crippen molar-refractivity contribution in [2.24, 2.45) is 0 Å². The van der Waals surface area contributed by atoms with Crippen LogP contribution in [0.25, 0.3) is 0 Å². The van der Waals surface area contributed by atoms with Gasteiger partial charge in [-0.3, -0.25) is 4.79 Å². The molecule has 2 aliphatic rings. The quantitative estimate of drug-likeness (QED) is 0.772. The van der Waals surface area contributed by atoms with Crippen molar-refractivity contribution in [1.82, 2.24) is 15.5 Å². The van der Waals surface area contributed by atoms with Gasteiger partial charge in [0.2, 0.25) is 0 Å². The number of likely N-dealkylation sites (tertiary alicyclic amines) is 1. The van der Waals surface area contributed by atoms with Gasteiger partial charge in [0.05, 0.1) is 5.56 Å². The molecule has 142 valence electrons. The molecule has 1 saturated carbocycles. The largest absolute Gasteiger partial charge is 0.349 e. The smallest absolute Gasteiger partial charge is 0.317 e. The van der Waals surface area contributed by atoms with Gasteiger partial charge in [0.1, 0.15) is 5.82 Å². The normalized spacial score (nSPS) is 19.2. The predicted molar refractivity (Wildman–Crippen MR) is 102 cm³/mol. The van der Waals surface area contributed by atoms with E-state index in [1.54, 1.807) is 0 Å². The molecule has 1 heterocycles. The van der Waals surface area contributed by atoms with Crippen LogP contribution < -0.4 is 10.6 Å². The Balaban J connectivity index is 1.46. The number of nitrogens with one attached hydrogen (secondary N) is 2. The third kappa shape index (κ3) is 4.96. The van der Waals surface area contributed by atoms with E-state index in [9.17, 15) is 14.0 Å². The molecule has 0 spiro atoms. The molecule has 1 aliphatic carbocycles. The van der Waals surface area contributed by atoms with E-state index < -0.39 is 5.82 Å². The molecule has 1 aromatic carbocycles. The molecule has 1 saturated heterocycles. The zero-order valence-electron chi connectivity index (χ0n) is 14.8. The van der Waals surface area contributed by atoms with Crippen LogP contribution in [0.4, 0.5) is 9.18 Å². The molecular weight excluding hydrogens is 401 g/mol. The summed E-state index contributed by atoms with van der Waals surface area (Å²) in [4.78, 5) is 26.6. The Morgan fingerprint density at radius 3 is 2.35 bits per heavy atom. The maximum atomic E-state index is 13.4. The summed E-state index contributed by atoms with van der Waals surface area (Å²) in [6, 6.07) is 4.38. The first-order valence-electron chi connectivity index (χ1n) is 9.34. The molecular formula is C19H25BrFN3O2. The van der Waals surface area contributed by atoms with Gasteiger partial charge in [-0.15, -0.1) is 0 Å². The lowest BCUT2D eigenvalue weighted by molar-refractivity contribution is 0.0916. The van der Waals surface area contributed by atoms with Gasteiger partial charge in [-0.2, -0.15) is 0 Å². The van der Waals surface area contributed by atoms with E-state index in [1.165, 1.54) is 37.5 Å². The molecule has 7 heteroatoms. The van der Waals surface area contributed by atoms with E-state index in [0.717, 1.165) is 12.8 Å². The van der Waals surface area contributed by atoms with Crippen molar-refractivity contribution >= 4 is 27.9 Å². The van der Waals surface area contributed by atoms with Crippen molar-refractivity contribution in [1.29, 1.82) is 0 Å². The lowest BCUT2D eigenvalue weighted by Gasteiger charge is -2.34. The van der Waals surface area contributed by atoms with Crippen molar-refractivity contribution < 1.29 is 14.0 Å². The summed E-state index contributed by atoms with van der Waals surface area (Å²) in [5, 5.41) is 6.09. The summed E-state index contributed by atoms with van der Waals surface area (Å²) in [7, 11) is 0. The van der Waals surface area contributed by atoms with Gasteiger partial charge in [-0.05, 0) is 59.8 Å². The Hall–Kier alpha value is -1.63. The number of halogens is 2. The third-order valence-electron chi connectivity index (χ3n) is 5.22. The van der Waals surface area contributed by atoms with E-state index in [-0.39, 0.29) is 18.0 Å². The van der Waals surface area contributed by atoms with E-state index in [4.69, 9.17) is 0 Å². The number of hydrogen-bond donors (Lipinski definition) is 2. The molecule has 2 N–H and O–H groups in total. The van der Waals surface area contributed by atoms with Crippen LogP contribution in [-0.4, -0.2) is 42.0 Å². The Labute approximate surface area is 161 Å². The minimum Gasteiger partial charge on any atom is -0.349 e. The van der Waals surface area contributed by atoms with E-state index in [1.807, 2.05) is 4.90 Å². The predicted octanol–water partition coefficient (Wildman–Crippen LogP) is 3.82. The number of nitrogens with zero attached hydrogens (tertiary/aromatic N) is 1. The highest BCUT2D eigenvalue weighted by Gasteiger charge is 2.26. The summed E-state index contributed by atoms with van der Waals surface area (Å²) in [5.74, 6) is -0.728. The molecule has 0 radical (unpaired) electrons. The molecule has 2 fully saturated rings. The first kappa shape index (κ1) is 19.1. The van der Waals surface area contributed by atoms with Gasteiger partial charge in [-0.1, -0.05) is 19.3 Å². The van der Waals surface area contributed by atoms with E-state index >= 15 is 0 Å². The van der Waals surface area contributed by atoms with Crippen LogP contribution in [0.2, 0.25) is 0 Å². The lowest BCUT2D eigenvalue weighted by atomic mass is 9.95. The SMILES string of the molecule is O=C(NC1CCN(C(=O)NC2CCCCC2)CC1)c1cc(F)ccc1Br. The lowest BCUT2D eigenvalue weighted by Crippen LogP contribution is -2.51. The highest BCUT2D eigenvalue weighted by atomic mass is 79.9. The van der Waals surface area contributed by atoms with Gasteiger partial charge in [0.25, 0.3) is 5.91 Å². The van der Waals surface area contributed by atoms with Gasteiger partial charge >= 0.3 is 6.03 Å². The van der Waals surface area contributed by atoms with Gasteiger partial charge in [0.15, 0.2) is 0 Å². The molecule has 0 bridgehead atoms. The molecule has 3 amide bonds. The molecule has 3 rings (SSSR count). The van der Waals surface area contributed by atoms with E-state index in [0.29, 0.717) is 42.0 Å². The average Bonchev–Trinajstić information content (AvgIpc) is 2.65. The fraction of sp³-hybridized carbons (Fsp3) is 0.579. The van der Waals surface area contributed by atoms with Crippen LogP contribution in [0.1, 0.15) is 55.3 Å². The van der Waals surface area contributed by atoms with Gasteiger partial charge in [0, 0.05) is 29.6 Å². The highest BCUT2D eigenvalue weighted by molar-refractivity contribution is 9.10. The maximum Gasteiger partial charge on any atom is 0.317 e. The second-order valence-electron chi connectivity index (χ2n) is 7.14. The molecule has 26 heavy (non-hydrogen) atoms. The number of carbonyl (C=O) groups excluding carboxylic acids is 2. The van der Waals surface area contributed by atoms with Crippen LogP contribution in [0, 0.1) is 5.82 Å². The summed E-state index contributed by atoms with van der Waals surface area (Å²) in [6.07, 6.45) is 7.19. The highest BCUT2D eigenvalue weighted by Crippen LogP contribution is 2.20. The minimum atomic E-state index is -0.437. The average molecular weight is 426 g/mol. The van der Waals surface area contributed by atoms with Crippen LogP contribution in [0.15, 0.2) is 22.7 Å². The van der Waals surface area contributed by atoms with Crippen LogP contribution in [0.3, 0.4) is 0 Å². The number of urea groups is 1. The van der Waals surface area contributed by atoms with Crippen molar-refractivity contribution in [3.05, 3.63) is 34.1 Å². The standard InChI is InChI=1S/C19H25BrFN3O2/c20-17-7-6-13(21)12-16(17)18(25)22-15-8-10-24(11-9-15)19(26)23-14-4-2-1-3-5-14/h6-7,12,14-15H,1-5,8-11H2,(H,22,25)(H,23,26). The van der Waals surface area contributed by atoms with Gasteiger partial charge in [-0.25, -0.2) is 9.18 Å². The second-order valence-corrected chi connectivity index (χ2v) is 8.00. The van der Waals surface area contributed by atoms with Crippen LogP contribution >= 0.6 is 15.9 Å². The van der Waals surface area contributed by atoms with Crippen LogP contribution in [-0.2, 0) is 0 Å². The maximum absolute atomic E-state index is 13.4. The van der Waals surface area contributed by atoms with Gasteiger partial charge < -0.3 is 15.5 Å². The number of carbonyl (C=O) groups is 2. The zero-order chi connectivity index (χ0) is 18.5. The number of rotatable bonds is 3. The Bertz CT molecular complexity index is 656. The topological polar surface area (TPSA) is 61.4 Å². The molecule has 1 aliphatic heterocycles. The van der Waals surface area contributed by atoms with Crippen molar-refractivity contribution in [3.63, 3.8) is 0 Å². The summed E-state index contributed by atoms with van der Waals surface area (Å²) < 4.78 is 13.9. The number of amides is 3. The van der Waals surface area contributed by atoms with E-state index in [2.05, 4.69) is 26.6 Å². The Morgan fingerprint density at radius 1 is 1.00 bits per heavy atom. The zero-order valence-corrected chi connectivity index (χ0v) is 16.4. The van der Waals surface area contributed by atoms with Crippen molar-refractivity contribution in [2.45, 2.75) is 57.0 Å². The summed E-state index contributed by atoms with van der Waals surface area (Å²) >= 11 is 3.28. The number of hydrogen-bond acceptors (Lipinski definition) is 2. The number of piperidine rings is 1.